The van der Waals surface area contributed by atoms with Crippen molar-refractivity contribution in [2.75, 3.05) is 32.2 Å². The summed E-state index contributed by atoms with van der Waals surface area (Å²) in [6, 6.07) is 8.21. The van der Waals surface area contributed by atoms with E-state index in [-0.39, 0.29) is 24.0 Å². The molecule has 0 saturated heterocycles. The van der Waals surface area contributed by atoms with Crippen LogP contribution in [0.3, 0.4) is 0 Å². The molecule has 0 unspecified atom stereocenters. The molecule has 1 aromatic rings. The Labute approximate surface area is 155 Å². The molecule has 0 atom stereocenters. The molecule has 0 fully saturated rings. The number of rotatable bonds is 9. The molecule has 0 amide bonds. The zero-order valence-electron chi connectivity index (χ0n) is 13.7. The highest BCUT2D eigenvalue weighted by molar-refractivity contribution is 14.0. The molecule has 0 spiro atoms. The molecular weight excluding hydrogens is 409 g/mol. The van der Waals surface area contributed by atoms with Gasteiger partial charge in [-0.1, -0.05) is 25.5 Å². The maximum Gasteiger partial charge on any atom is 0.191 e. The summed E-state index contributed by atoms with van der Waals surface area (Å²) in [5, 5.41) is 6.60. The molecule has 2 N–H and O–H groups in total. The highest BCUT2D eigenvalue weighted by atomic mass is 127. The third-order valence-corrected chi connectivity index (χ3v) is 3.56. The number of hydrogen-bond donors (Lipinski definition) is 2. The quantitative estimate of drug-likeness (QED) is 0.269. The third-order valence-electron chi connectivity index (χ3n) is 2.95. The standard InChI is InChI=1S/C16H27N3OS.HI/c1-4-5-10-20-15-8-6-7-14(12-15)13-19-16(17-2)18-9-11-21-3;/h6-8,12H,4-5,9-11,13H2,1-3H3,(H2,17,18,19);1H. The molecule has 1 rings (SSSR count). The van der Waals surface area contributed by atoms with E-state index >= 15 is 0 Å². The lowest BCUT2D eigenvalue weighted by Crippen LogP contribution is -2.37. The average molecular weight is 437 g/mol. The van der Waals surface area contributed by atoms with Crippen LogP contribution in [0.25, 0.3) is 0 Å². The third kappa shape index (κ3) is 9.40. The smallest absolute Gasteiger partial charge is 0.191 e. The van der Waals surface area contributed by atoms with E-state index in [0.717, 1.165) is 50.0 Å². The Morgan fingerprint density at radius 3 is 2.82 bits per heavy atom. The SMILES string of the molecule is CCCCOc1cccc(CNC(=NC)NCCSC)c1.I. The van der Waals surface area contributed by atoms with Crippen LogP contribution in [0.5, 0.6) is 5.75 Å². The molecule has 1 aromatic carbocycles. The van der Waals surface area contributed by atoms with Crippen LogP contribution in [0, 0.1) is 0 Å². The summed E-state index contributed by atoms with van der Waals surface area (Å²) in [5.74, 6) is 2.84. The van der Waals surface area contributed by atoms with Crippen LogP contribution in [-0.2, 0) is 6.54 Å². The first-order valence-electron chi connectivity index (χ1n) is 7.45. The molecule has 0 aliphatic rings. The lowest BCUT2D eigenvalue weighted by Gasteiger charge is -2.12. The predicted molar refractivity (Wildman–Crippen MR) is 109 cm³/mol. The zero-order valence-corrected chi connectivity index (χ0v) is 16.9. The largest absolute Gasteiger partial charge is 0.494 e. The molecule has 126 valence electrons. The van der Waals surface area contributed by atoms with Crippen molar-refractivity contribution in [3.63, 3.8) is 0 Å². The van der Waals surface area contributed by atoms with Crippen LogP contribution in [0.15, 0.2) is 29.3 Å². The lowest BCUT2D eigenvalue weighted by molar-refractivity contribution is 0.309. The van der Waals surface area contributed by atoms with E-state index in [9.17, 15) is 0 Å². The summed E-state index contributed by atoms with van der Waals surface area (Å²) < 4.78 is 5.72. The first-order chi connectivity index (χ1) is 10.3. The summed E-state index contributed by atoms with van der Waals surface area (Å²) in [4.78, 5) is 4.21. The van der Waals surface area contributed by atoms with Crippen LogP contribution in [0.1, 0.15) is 25.3 Å². The second-order valence-corrected chi connectivity index (χ2v) is 5.68. The molecule has 0 aliphatic carbocycles. The van der Waals surface area contributed by atoms with Crippen molar-refractivity contribution < 1.29 is 4.74 Å². The van der Waals surface area contributed by atoms with E-state index in [1.165, 1.54) is 5.56 Å². The van der Waals surface area contributed by atoms with Crippen molar-refractivity contribution >= 4 is 41.7 Å². The highest BCUT2D eigenvalue weighted by Gasteiger charge is 2.00. The number of nitrogens with one attached hydrogen (secondary N) is 2. The van der Waals surface area contributed by atoms with Gasteiger partial charge in [-0.15, -0.1) is 24.0 Å². The number of thioether (sulfide) groups is 1. The minimum Gasteiger partial charge on any atom is -0.494 e. The van der Waals surface area contributed by atoms with Gasteiger partial charge in [-0.2, -0.15) is 11.8 Å². The van der Waals surface area contributed by atoms with Gasteiger partial charge in [-0.25, -0.2) is 0 Å². The number of halogens is 1. The Hall–Kier alpha value is -0.630. The van der Waals surface area contributed by atoms with Gasteiger partial charge in [0.05, 0.1) is 6.61 Å². The van der Waals surface area contributed by atoms with Crippen LogP contribution in [-0.4, -0.2) is 38.2 Å². The Bertz CT molecular complexity index is 430. The summed E-state index contributed by atoms with van der Waals surface area (Å²) in [6.45, 7) is 4.61. The van der Waals surface area contributed by atoms with Crippen molar-refractivity contribution in [1.82, 2.24) is 10.6 Å². The number of unbranched alkanes of at least 4 members (excludes halogenated alkanes) is 1. The van der Waals surface area contributed by atoms with Crippen molar-refractivity contribution in [2.45, 2.75) is 26.3 Å². The molecule has 4 nitrogen and oxygen atoms in total. The number of ether oxygens (including phenoxy) is 1. The summed E-state index contributed by atoms with van der Waals surface area (Å²) >= 11 is 1.82. The number of guanidine groups is 1. The fraction of sp³-hybridized carbons (Fsp3) is 0.562. The predicted octanol–water partition coefficient (Wildman–Crippen LogP) is 3.51. The average Bonchev–Trinajstić information content (AvgIpc) is 2.51. The molecule has 0 radical (unpaired) electrons. The van der Waals surface area contributed by atoms with Crippen molar-refractivity contribution in [3.8, 4) is 5.75 Å². The first-order valence-corrected chi connectivity index (χ1v) is 8.84. The van der Waals surface area contributed by atoms with Crippen molar-refractivity contribution in [3.05, 3.63) is 29.8 Å². The van der Waals surface area contributed by atoms with E-state index in [1.807, 2.05) is 23.9 Å². The Morgan fingerprint density at radius 2 is 2.14 bits per heavy atom. The number of hydrogen-bond acceptors (Lipinski definition) is 3. The van der Waals surface area contributed by atoms with Gasteiger partial charge in [0.2, 0.25) is 0 Å². The van der Waals surface area contributed by atoms with Gasteiger partial charge in [-0.05, 0) is 30.4 Å². The summed E-state index contributed by atoms with van der Waals surface area (Å²) in [7, 11) is 1.79. The molecule has 0 bridgehead atoms. The van der Waals surface area contributed by atoms with E-state index in [0.29, 0.717) is 0 Å². The zero-order chi connectivity index (χ0) is 15.3. The second-order valence-electron chi connectivity index (χ2n) is 4.69. The van der Waals surface area contributed by atoms with Gasteiger partial charge in [-0.3, -0.25) is 4.99 Å². The number of aliphatic imine (C=N–C) groups is 1. The van der Waals surface area contributed by atoms with Gasteiger partial charge in [0.25, 0.3) is 0 Å². The van der Waals surface area contributed by atoms with Crippen LogP contribution in [0.2, 0.25) is 0 Å². The van der Waals surface area contributed by atoms with Gasteiger partial charge < -0.3 is 15.4 Å². The van der Waals surface area contributed by atoms with E-state index in [4.69, 9.17) is 4.74 Å². The minimum absolute atomic E-state index is 0. The maximum atomic E-state index is 5.72. The Kier molecular flexibility index (Phi) is 13.6. The fourth-order valence-electron chi connectivity index (χ4n) is 1.76. The van der Waals surface area contributed by atoms with Crippen LogP contribution >= 0.6 is 35.7 Å². The first kappa shape index (κ1) is 21.4. The summed E-state index contributed by atoms with van der Waals surface area (Å²) in [6.07, 6.45) is 4.34. The topological polar surface area (TPSA) is 45.6 Å². The van der Waals surface area contributed by atoms with E-state index in [1.54, 1.807) is 7.05 Å². The Morgan fingerprint density at radius 1 is 1.32 bits per heavy atom. The minimum atomic E-state index is 0. The number of nitrogens with zero attached hydrogens (tertiary/aromatic N) is 1. The molecule has 0 aliphatic heterocycles. The fourth-order valence-corrected chi connectivity index (χ4v) is 2.06. The van der Waals surface area contributed by atoms with Gasteiger partial charge in [0.15, 0.2) is 5.96 Å². The van der Waals surface area contributed by atoms with Crippen LogP contribution in [0.4, 0.5) is 0 Å². The van der Waals surface area contributed by atoms with Crippen LogP contribution < -0.4 is 15.4 Å². The molecule has 0 aromatic heterocycles. The summed E-state index contributed by atoms with van der Waals surface area (Å²) in [5.41, 5.74) is 1.19. The highest BCUT2D eigenvalue weighted by Crippen LogP contribution is 2.13. The Balaban J connectivity index is 0.00000441. The van der Waals surface area contributed by atoms with Crippen molar-refractivity contribution in [2.24, 2.45) is 4.99 Å². The molecule has 0 saturated carbocycles. The monoisotopic (exact) mass is 437 g/mol. The molecule has 22 heavy (non-hydrogen) atoms. The maximum absolute atomic E-state index is 5.72. The van der Waals surface area contributed by atoms with Gasteiger partial charge in [0, 0.05) is 25.9 Å². The molecule has 0 heterocycles. The lowest BCUT2D eigenvalue weighted by atomic mass is 10.2. The second kappa shape index (κ2) is 14.0. The molecular formula is C16H28IN3OS. The molecule has 6 heteroatoms. The van der Waals surface area contributed by atoms with Gasteiger partial charge in [0.1, 0.15) is 5.75 Å². The van der Waals surface area contributed by atoms with E-state index < -0.39 is 0 Å². The van der Waals surface area contributed by atoms with Crippen molar-refractivity contribution in [1.29, 1.82) is 0 Å². The number of benzene rings is 1. The normalized spacial score (nSPS) is 10.8. The van der Waals surface area contributed by atoms with E-state index in [2.05, 4.69) is 40.9 Å². The van der Waals surface area contributed by atoms with Gasteiger partial charge >= 0.3 is 0 Å².